The highest BCUT2D eigenvalue weighted by molar-refractivity contribution is 7.99. The number of para-hydroxylation sites is 1. The van der Waals surface area contributed by atoms with Crippen LogP contribution in [-0.2, 0) is 21.5 Å². The molecule has 9 heteroatoms. The molecule has 2 aromatic heterocycles. The molecule has 2 heterocycles. The van der Waals surface area contributed by atoms with E-state index >= 15 is 0 Å². The Labute approximate surface area is 166 Å². The van der Waals surface area contributed by atoms with Gasteiger partial charge in [-0.1, -0.05) is 49.8 Å². The van der Waals surface area contributed by atoms with Crippen LogP contribution in [0.5, 0.6) is 0 Å². The molecule has 0 N–H and O–H groups in total. The number of hydrogen-bond acceptors (Lipinski definition) is 8. The molecule has 0 aliphatic carbocycles. The molecule has 1 atom stereocenters. The van der Waals surface area contributed by atoms with E-state index in [2.05, 4.69) is 15.1 Å². The number of esters is 1. The summed E-state index contributed by atoms with van der Waals surface area (Å²) in [5.74, 6) is 0.511. The number of aromatic nitrogens is 4. The second-order valence-corrected chi connectivity index (χ2v) is 8.65. The Morgan fingerprint density at radius 1 is 1.29 bits per heavy atom. The predicted octanol–water partition coefficient (Wildman–Crippen LogP) is 3.10. The summed E-state index contributed by atoms with van der Waals surface area (Å²) in [6.07, 6.45) is 0. The molecule has 0 bridgehead atoms. The Morgan fingerprint density at radius 2 is 2.00 bits per heavy atom. The van der Waals surface area contributed by atoms with Gasteiger partial charge in [-0.25, -0.2) is 4.98 Å². The van der Waals surface area contributed by atoms with Gasteiger partial charge in [-0.15, -0.1) is 0 Å². The largest absolute Gasteiger partial charge is 0.468 e. The van der Waals surface area contributed by atoms with E-state index in [0.717, 1.165) is 0 Å². The van der Waals surface area contributed by atoms with Crippen molar-refractivity contribution < 1.29 is 14.1 Å². The number of rotatable bonds is 5. The normalized spacial score (nSPS) is 12.9. The Morgan fingerprint density at radius 3 is 2.64 bits per heavy atom. The van der Waals surface area contributed by atoms with Crippen molar-refractivity contribution in [1.29, 1.82) is 0 Å². The minimum Gasteiger partial charge on any atom is -0.468 e. The first-order valence-electron chi connectivity index (χ1n) is 8.78. The minimum absolute atomic E-state index is 0.223. The number of fused-ring (bicyclic) bond motifs is 1. The van der Waals surface area contributed by atoms with Crippen molar-refractivity contribution in [3.63, 3.8) is 0 Å². The maximum Gasteiger partial charge on any atom is 0.325 e. The fraction of sp³-hybridized carbons (Fsp3) is 0.421. The molecule has 0 unspecified atom stereocenters. The number of benzene rings is 1. The molecule has 1 aromatic carbocycles. The zero-order valence-electron chi connectivity index (χ0n) is 16.4. The molecule has 0 radical (unpaired) electrons. The highest BCUT2D eigenvalue weighted by Gasteiger charge is 2.25. The van der Waals surface area contributed by atoms with Crippen molar-refractivity contribution in [2.24, 2.45) is 0 Å². The molecule has 28 heavy (non-hydrogen) atoms. The van der Waals surface area contributed by atoms with E-state index in [-0.39, 0.29) is 22.8 Å². The highest BCUT2D eigenvalue weighted by Crippen LogP contribution is 2.34. The third kappa shape index (κ3) is 4.09. The molecule has 0 amide bonds. The zero-order valence-corrected chi connectivity index (χ0v) is 17.2. The predicted molar refractivity (Wildman–Crippen MR) is 105 cm³/mol. The highest BCUT2D eigenvalue weighted by atomic mass is 32.2. The summed E-state index contributed by atoms with van der Waals surface area (Å²) in [5, 5.41) is 4.60. The van der Waals surface area contributed by atoms with Crippen LogP contribution in [0, 0.1) is 0 Å². The molecule has 0 spiro atoms. The SMILES string of the molecule is COC(=O)Cn1c(S[C@@H](C)c2nc(C(C)(C)C)no2)nc2ccccc2c1=O. The molecule has 3 aromatic rings. The number of carbonyl (C=O) groups excluding carboxylic acids is 1. The second kappa shape index (κ2) is 7.75. The van der Waals surface area contributed by atoms with Crippen LogP contribution < -0.4 is 5.56 Å². The van der Waals surface area contributed by atoms with Crippen molar-refractivity contribution in [3.8, 4) is 0 Å². The monoisotopic (exact) mass is 402 g/mol. The molecular formula is C19H22N4O4S. The summed E-state index contributed by atoms with van der Waals surface area (Å²) < 4.78 is 11.4. The van der Waals surface area contributed by atoms with Crippen LogP contribution in [0.25, 0.3) is 10.9 Å². The molecule has 148 valence electrons. The van der Waals surface area contributed by atoms with Crippen LogP contribution in [0.2, 0.25) is 0 Å². The molecule has 0 aliphatic heterocycles. The van der Waals surface area contributed by atoms with Crippen LogP contribution in [0.15, 0.2) is 38.7 Å². The van der Waals surface area contributed by atoms with Crippen molar-refractivity contribution in [2.45, 2.75) is 50.1 Å². The molecular weight excluding hydrogens is 380 g/mol. The average molecular weight is 402 g/mol. The average Bonchev–Trinajstić information content (AvgIpc) is 3.15. The fourth-order valence-corrected chi connectivity index (χ4v) is 3.42. The topological polar surface area (TPSA) is 100 Å². The summed E-state index contributed by atoms with van der Waals surface area (Å²) in [5.41, 5.74) is 0.0242. The van der Waals surface area contributed by atoms with Gasteiger partial charge >= 0.3 is 5.97 Å². The van der Waals surface area contributed by atoms with Gasteiger partial charge in [0.2, 0.25) is 5.89 Å². The lowest BCUT2D eigenvalue weighted by atomic mass is 9.96. The van der Waals surface area contributed by atoms with E-state index in [0.29, 0.717) is 27.8 Å². The van der Waals surface area contributed by atoms with E-state index in [1.165, 1.54) is 23.4 Å². The van der Waals surface area contributed by atoms with Gasteiger partial charge in [0.05, 0.1) is 23.3 Å². The van der Waals surface area contributed by atoms with Gasteiger partial charge in [-0.05, 0) is 19.1 Å². The van der Waals surface area contributed by atoms with Crippen molar-refractivity contribution in [3.05, 3.63) is 46.3 Å². The number of nitrogens with zero attached hydrogens (tertiary/aromatic N) is 4. The second-order valence-electron chi connectivity index (χ2n) is 7.35. The van der Waals surface area contributed by atoms with Crippen molar-refractivity contribution >= 4 is 28.6 Å². The summed E-state index contributed by atoms with van der Waals surface area (Å²) >= 11 is 1.28. The quantitative estimate of drug-likeness (QED) is 0.365. The van der Waals surface area contributed by atoms with E-state index in [4.69, 9.17) is 9.26 Å². The van der Waals surface area contributed by atoms with Gasteiger partial charge in [0.15, 0.2) is 11.0 Å². The van der Waals surface area contributed by atoms with E-state index in [9.17, 15) is 9.59 Å². The third-order valence-corrected chi connectivity index (χ3v) is 5.16. The zero-order chi connectivity index (χ0) is 20.5. The molecule has 8 nitrogen and oxygen atoms in total. The first-order valence-corrected chi connectivity index (χ1v) is 9.66. The Bertz CT molecular complexity index is 1070. The maximum absolute atomic E-state index is 12.9. The van der Waals surface area contributed by atoms with E-state index in [1.807, 2.05) is 33.8 Å². The standard InChI is InChI=1S/C19H22N4O4S/c1-11(15-21-17(22-27-15)19(2,3)4)28-18-20-13-9-7-6-8-12(13)16(25)23(18)10-14(24)26-5/h6-9,11H,10H2,1-5H3/t11-/m0/s1. The van der Waals surface area contributed by atoms with Gasteiger partial charge in [0.1, 0.15) is 6.54 Å². The van der Waals surface area contributed by atoms with Gasteiger partial charge in [0, 0.05) is 5.41 Å². The number of hydrogen-bond donors (Lipinski definition) is 0. The van der Waals surface area contributed by atoms with Crippen LogP contribution in [0.1, 0.15) is 44.7 Å². The fourth-order valence-electron chi connectivity index (χ4n) is 2.48. The number of thioether (sulfide) groups is 1. The number of carbonyl (C=O) groups is 1. The number of ether oxygens (including phenoxy) is 1. The molecule has 0 fully saturated rings. The Kier molecular flexibility index (Phi) is 5.55. The maximum atomic E-state index is 12.9. The molecule has 0 aliphatic rings. The summed E-state index contributed by atoms with van der Waals surface area (Å²) in [6.45, 7) is 7.66. The van der Waals surface area contributed by atoms with Gasteiger partial charge in [0.25, 0.3) is 5.56 Å². The van der Waals surface area contributed by atoms with Crippen molar-refractivity contribution in [2.75, 3.05) is 7.11 Å². The van der Waals surface area contributed by atoms with Crippen LogP contribution >= 0.6 is 11.8 Å². The Balaban J connectivity index is 2.01. The smallest absolute Gasteiger partial charge is 0.325 e. The van der Waals surface area contributed by atoms with Gasteiger partial charge < -0.3 is 9.26 Å². The number of methoxy groups -OCH3 is 1. The summed E-state index contributed by atoms with van der Waals surface area (Å²) in [7, 11) is 1.28. The first-order chi connectivity index (χ1) is 13.2. The lowest BCUT2D eigenvalue weighted by Crippen LogP contribution is -2.27. The van der Waals surface area contributed by atoms with Crippen LogP contribution in [0.3, 0.4) is 0 Å². The summed E-state index contributed by atoms with van der Waals surface area (Å²) in [4.78, 5) is 33.8. The van der Waals surface area contributed by atoms with Gasteiger partial charge in [-0.3, -0.25) is 14.2 Å². The lowest BCUT2D eigenvalue weighted by molar-refractivity contribution is -0.141. The van der Waals surface area contributed by atoms with E-state index in [1.54, 1.807) is 18.2 Å². The third-order valence-electron chi connectivity index (χ3n) is 4.08. The Hall–Kier alpha value is -2.68. The molecule has 0 saturated heterocycles. The van der Waals surface area contributed by atoms with Crippen molar-refractivity contribution in [1.82, 2.24) is 19.7 Å². The first kappa shape index (κ1) is 20.1. The lowest BCUT2D eigenvalue weighted by Gasteiger charge is -2.14. The minimum atomic E-state index is -0.526. The van der Waals surface area contributed by atoms with Gasteiger partial charge in [-0.2, -0.15) is 4.98 Å². The van der Waals surface area contributed by atoms with Crippen LogP contribution in [0.4, 0.5) is 0 Å². The van der Waals surface area contributed by atoms with E-state index < -0.39 is 5.97 Å². The molecule has 0 saturated carbocycles. The summed E-state index contributed by atoms with van der Waals surface area (Å²) in [6, 6.07) is 7.02. The molecule has 3 rings (SSSR count). The van der Waals surface area contributed by atoms with Crippen LogP contribution in [-0.4, -0.2) is 32.8 Å².